The molecule has 1 rings (SSSR count). The molecule has 0 saturated heterocycles. The first-order chi connectivity index (χ1) is 11.8. The Bertz CT molecular complexity index is 616. The zero-order chi connectivity index (χ0) is 18.8. The second-order valence-electron chi connectivity index (χ2n) is 4.80. The van der Waals surface area contributed by atoms with Gasteiger partial charge in [-0.25, -0.2) is 14.4 Å². The van der Waals surface area contributed by atoms with Crippen LogP contribution >= 0.6 is 0 Å². The van der Waals surface area contributed by atoms with Gasteiger partial charge in [-0.1, -0.05) is 30.3 Å². The number of amides is 1. The van der Waals surface area contributed by atoms with Crippen molar-refractivity contribution in [3.8, 4) is 0 Å². The first-order valence-electron chi connectivity index (χ1n) is 7.39. The molecule has 2 atom stereocenters. The molecule has 0 fully saturated rings. The molecule has 9 nitrogen and oxygen atoms in total. The van der Waals surface area contributed by atoms with Gasteiger partial charge in [-0.15, -0.1) is 0 Å². The molecule has 0 aliphatic carbocycles. The molecule has 1 amide bonds. The quantitative estimate of drug-likeness (QED) is 0.520. The van der Waals surface area contributed by atoms with Crippen molar-refractivity contribution in [2.75, 3.05) is 6.61 Å². The van der Waals surface area contributed by atoms with Crippen molar-refractivity contribution in [2.24, 2.45) is 0 Å². The Kier molecular flexibility index (Phi) is 7.91. The van der Waals surface area contributed by atoms with E-state index in [0.717, 1.165) is 6.92 Å². The molecule has 0 aliphatic heterocycles. The third kappa shape index (κ3) is 6.90. The Labute approximate surface area is 143 Å². The van der Waals surface area contributed by atoms with Crippen LogP contribution in [0.1, 0.15) is 19.4 Å². The molecule has 2 N–H and O–H groups in total. The molecule has 0 saturated carbocycles. The summed E-state index contributed by atoms with van der Waals surface area (Å²) in [4.78, 5) is 46.1. The van der Waals surface area contributed by atoms with Crippen LogP contribution in [0.3, 0.4) is 0 Å². The molecular weight excluding hydrogens is 334 g/mol. The van der Waals surface area contributed by atoms with Crippen molar-refractivity contribution in [2.45, 2.75) is 32.6 Å². The van der Waals surface area contributed by atoms with Gasteiger partial charge in [-0.3, -0.25) is 4.79 Å². The maximum Gasteiger partial charge on any atom is 0.408 e. The summed E-state index contributed by atoms with van der Waals surface area (Å²) in [6.45, 7) is 2.34. The number of ether oxygens (including phenoxy) is 3. The van der Waals surface area contributed by atoms with Crippen molar-refractivity contribution >= 4 is 24.0 Å². The largest absolute Gasteiger partial charge is 0.480 e. The fourth-order valence-corrected chi connectivity index (χ4v) is 1.81. The Hall–Kier alpha value is -3.10. The summed E-state index contributed by atoms with van der Waals surface area (Å²) in [6.07, 6.45) is -2.92. The maximum atomic E-state index is 11.8. The van der Waals surface area contributed by atoms with Gasteiger partial charge < -0.3 is 24.6 Å². The maximum absolute atomic E-state index is 11.8. The topological polar surface area (TPSA) is 128 Å². The number of nitrogens with one attached hydrogen (secondary N) is 1. The Morgan fingerprint density at radius 3 is 2.28 bits per heavy atom. The van der Waals surface area contributed by atoms with Crippen molar-refractivity contribution in [3.05, 3.63) is 35.9 Å². The number of benzene rings is 1. The number of aliphatic carboxylic acids is 1. The van der Waals surface area contributed by atoms with Gasteiger partial charge in [0.2, 0.25) is 6.10 Å². The third-order valence-electron chi connectivity index (χ3n) is 2.87. The first kappa shape index (κ1) is 19.9. The van der Waals surface area contributed by atoms with Gasteiger partial charge in [0, 0.05) is 6.92 Å². The minimum atomic E-state index is -1.86. The fourth-order valence-electron chi connectivity index (χ4n) is 1.81. The highest BCUT2D eigenvalue weighted by Crippen LogP contribution is 2.07. The van der Waals surface area contributed by atoms with Crippen molar-refractivity contribution in [3.63, 3.8) is 0 Å². The van der Waals surface area contributed by atoms with Crippen molar-refractivity contribution < 1.29 is 38.5 Å². The molecule has 1 aromatic rings. The summed E-state index contributed by atoms with van der Waals surface area (Å²) < 4.78 is 14.3. The van der Waals surface area contributed by atoms with Crippen molar-refractivity contribution in [1.82, 2.24) is 5.32 Å². The summed E-state index contributed by atoms with van der Waals surface area (Å²) in [5.74, 6) is -3.58. The van der Waals surface area contributed by atoms with Crippen molar-refractivity contribution in [1.29, 1.82) is 0 Å². The molecule has 0 spiro atoms. The van der Waals surface area contributed by atoms with Crippen LogP contribution in [-0.4, -0.2) is 47.9 Å². The Balaban J connectivity index is 2.77. The van der Waals surface area contributed by atoms with Gasteiger partial charge in [0.1, 0.15) is 6.61 Å². The molecule has 136 valence electrons. The van der Waals surface area contributed by atoms with E-state index in [1.807, 2.05) is 5.32 Å². The molecule has 0 unspecified atom stereocenters. The highest BCUT2D eigenvalue weighted by molar-refractivity contribution is 5.89. The molecule has 0 aromatic heterocycles. The predicted octanol–water partition coefficient (Wildman–Crippen LogP) is 0.861. The highest BCUT2D eigenvalue weighted by Gasteiger charge is 2.39. The smallest absolute Gasteiger partial charge is 0.408 e. The van der Waals surface area contributed by atoms with Gasteiger partial charge in [-0.2, -0.15) is 0 Å². The van der Waals surface area contributed by atoms with E-state index in [1.54, 1.807) is 30.3 Å². The highest BCUT2D eigenvalue weighted by atomic mass is 16.6. The van der Waals surface area contributed by atoms with Crippen LogP contribution < -0.4 is 5.32 Å². The molecule has 0 radical (unpaired) electrons. The van der Waals surface area contributed by atoms with E-state index in [9.17, 15) is 24.3 Å². The van der Waals surface area contributed by atoms with Gasteiger partial charge in [0.05, 0.1) is 6.61 Å². The number of carboxylic acid groups (broad SMARTS) is 1. The monoisotopic (exact) mass is 353 g/mol. The molecule has 1 aromatic carbocycles. The molecular formula is C16H19NO8. The molecule has 0 heterocycles. The summed E-state index contributed by atoms with van der Waals surface area (Å²) >= 11 is 0. The van der Waals surface area contributed by atoms with E-state index in [0.29, 0.717) is 5.56 Å². The minimum Gasteiger partial charge on any atom is -0.480 e. The van der Waals surface area contributed by atoms with Crippen LogP contribution in [0.25, 0.3) is 0 Å². The number of carbonyl (C=O) groups excluding carboxylic acids is 3. The third-order valence-corrected chi connectivity index (χ3v) is 2.87. The number of carbonyl (C=O) groups is 4. The fraction of sp³-hybridized carbons (Fsp3) is 0.375. The lowest BCUT2D eigenvalue weighted by atomic mass is 10.1. The SMILES string of the molecule is CCOC(=O)[C@H](OC(C)=O)[C@@H](NC(=O)OCc1ccccc1)C(=O)O. The van der Waals surface area contributed by atoms with Crippen LogP contribution in [-0.2, 0) is 35.2 Å². The van der Waals surface area contributed by atoms with Crippen LogP contribution in [0, 0.1) is 0 Å². The zero-order valence-corrected chi connectivity index (χ0v) is 13.8. The number of carboxylic acids is 1. The summed E-state index contributed by atoms with van der Waals surface area (Å²) in [5, 5.41) is 11.2. The van der Waals surface area contributed by atoms with Crippen LogP contribution in [0.2, 0.25) is 0 Å². The van der Waals surface area contributed by atoms with E-state index >= 15 is 0 Å². The predicted molar refractivity (Wildman–Crippen MR) is 83.4 cm³/mol. The van der Waals surface area contributed by atoms with Crippen LogP contribution in [0.4, 0.5) is 4.79 Å². The lowest BCUT2D eigenvalue weighted by molar-refractivity contribution is -0.172. The molecule has 0 aliphatic rings. The van der Waals surface area contributed by atoms with E-state index in [-0.39, 0.29) is 13.2 Å². The number of alkyl carbamates (subject to hydrolysis) is 1. The minimum absolute atomic E-state index is 0.0542. The Morgan fingerprint density at radius 2 is 1.76 bits per heavy atom. The second-order valence-corrected chi connectivity index (χ2v) is 4.80. The van der Waals surface area contributed by atoms with Gasteiger partial charge in [0.15, 0.2) is 6.04 Å². The standard InChI is InChI=1S/C16H19NO8/c1-3-23-15(21)13(25-10(2)18)12(14(19)20)17-16(22)24-9-11-7-5-4-6-8-11/h4-8,12-13H,3,9H2,1-2H3,(H,17,22)(H,19,20)/t12-,13-/m1/s1. The zero-order valence-electron chi connectivity index (χ0n) is 13.8. The van der Waals surface area contributed by atoms with Gasteiger partial charge in [-0.05, 0) is 12.5 Å². The second kappa shape index (κ2) is 9.91. The first-order valence-corrected chi connectivity index (χ1v) is 7.39. The van der Waals surface area contributed by atoms with E-state index < -0.39 is 36.1 Å². The van der Waals surface area contributed by atoms with Crippen LogP contribution in [0.5, 0.6) is 0 Å². The number of rotatable bonds is 8. The molecule has 0 bridgehead atoms. The Morgan fingerprint density at radius 1 is 1.12 bits per heavy atom. The number of hydrogen-bond donors (Lipinski definition) is 2. The summed E-state index contributed by atoms with van der Waals surface area (Å²) in [6, 6.07) is 6.84. The van der Waals surface area contributed by atoms with E-state index in [2.05, 4.69) is 9.47 Å². The van der Waals surface area contributed by atoms with Crippen LogP contribution in [0.15, 0.2) is 30.3 Å². The van der Waals surface area contributed by atoms with E-state index in [1.165, 1.54) is 6.92 Å². The number of esters is 2. The lowest BCUT2D eigenvalue weighted by Crippen LogP contribution is -2.54. The average Bonchev–Trinajstić information content (AvgIpc) is 2.56. The molecule has 9 heteroatoms. The van der Waals surface area contributed by atoms with E-state index in [4.69, 9.17) is 4.74 Å². The summed E-state index contributed by atoms with van der Waals surface area (Å²) in [7, 11) is 0. The number of hydrogen-bond acceptors (Lipinski definition) is 7. The average molecular weight is 353 g/mol. The molecule has 25 heavy (non-hydrogen) atoms. The van der Waals surface area contributed by atoms with Gasteiger partial charge in [0.25, 0.3) is 0 Å². The summed E-state index contributed by atoms with van der Waals surface area (Å²) in [5.41, 5.74) is 0.687. The van der Waals surface area contributed by atoms with Gasteiger partial charge >= 0.3 is 24.0 Å². The lowest BCUT2D eigenvalue weighted by Gasteiger charge is -2.22. The normalized spacial score (nSPS) is 12.4.